The molecule has 0 aliphatic carbocycles. The van der Waals surface area contributed by atoms with Crippen molar-refractivity contribution < 1.29 is 23.5 Å². The molecule has 1 fully saturated rings. The third-order valence-electron chi connectivity index (χ3n) is 4.39. The van der Waals surface area contributed by atoms with Gasteiger partial charge < -0.3 is 19.9 Å². The van der Waals surface area contributed by atoms with E-state index in [1.807, 2.05) is 7.05 Å². The van der Waals surface area contributed by atoms with Crippen LogP contribution in [0.5, 0.6) is 0 Å². The minimum absolute atomic E-state index is 0.0182. The van der Waals surface area contributed by atoms with Crippen LogP contribution in [-0.4, -0.2) is 74.0 Å². The van der Waals surface area contributed by atoms with E-state index in [2.05, 4.69) is 15.0 Å². The number of nitrogens with one attached hydrogen (secondary N) is 1. The maximum atomic E-state index is 13.0. The summed E-state index contributed by atoms with van der Waals surface area (Å²) in [5, 5.41) is 2.67. The number of hydrogen-bond acceptors (Lipinski definition) is 5. The molecule has 1 saturated heterocycles. The molecule has 1 N–H and O–H groups in total. The van der Waals surface area contributed by atoms with E-state index >= 15 is 0 Å². The molecule has 7 nitrogen and oxygen atoms in total. The number of nitrogens with zero attached hydrogens (tertiary/aromatic N) is 2. The van der Waals surface area contributed by atoms with Crippen LogP contribution in [0, 0.1) is 5.82 Å². The summed E-state index contributed by atoms with van der Waals surface area (Å²) in [6.07, 6.45) is 0.162. The number of halogens is 1. The van der Waals surface area contributed by atoms with E-state index in [0.29, 0.717) is 13.1 Å². The first-order valence-electron chi connectivity index (χ1n) is 8.51. The quantitative estimate of drug-likeness (QED) is 0.749. The van der Waals surface area contributed by atoms with Gasteiger partial charge in [-0.25, -0.2) is 4.39 Å². The molecule has 0 aromatic heterocycles. The minimum atomic E-state index is -0.838. The fourth-order valence-electron chi connectivity index (χ4n) is 2.71. The molecule has 8 heteroatoms. The van der Waals surface area contributed by atoms with Crippen LogP contribution in [0.3, 0.4) is 0 Å². The minimum Gasteiger partial charge on any atom is -0.469 e. The normalized spacial score (nSPS) is 16.0. The molecule has 2 amide bonds. The molecule has 1 atom stereocenters. The molecule has 26 heavy (non-hydrogen) atoms. The predicted molar refractivity (Wildman–Crippen MR) is 93.0 cm³/mol. The molecule has 1 aliphatic rings. The Morgan fingerprint density at radius 3 is 2.35 bits per heavy atom. The first-order chi connectivity index (χ1) is 12.4. The number of carbonyl (C=O) groups excluding carboxylic acids is 3. The highest BCUT2D eigenvalue weighted by atomic mass is 19.1. The van der Waals surface area contributed by atoms with Crippen molar-refractivity contribution in [2.24, 2.45) is 0 Å². The molecule has 0 bridgehead atoms. The zero-order valence-corrected chi connectivity index (χ0v) is 15.0. The van der Waals surface area contributed by atoms with E-state index < -0.39 is 23.7 Å². The molecule has 0 unspecified atom stereocenters. The number of esters is 1. The summed E-state index contributed by atoms with van der Waals surface area (Å²) < 4.78 is 17.6. The molecule has 1 aromatic rings. The summed E-state index contributed by atoms with van der Waals surface area (Å²) in [6, 6.07) is 4.22. The fourth-order valence-corrected chi connectivity index (χ4v) is 2.71. The molecular weight excluding hydrogens is 341 g/mol. The molecular formula is C18H24FN3O4. The number of hydrogen-bond donors (Lipinski definition) is 1. The topological polar surface area (TPSA) is 78.9 Å². The van der Waals surface area contributed by atoms with E-state index in [9.17, 15) is 18.8 Å². The standard InChI is InChI=1S/C18H24FN3O4/c1-21-9-11-22(12-10-21)18(25)15(7-8-16(23)26-2)20-17(24)13-3-5-14(19)6-4-13/h3-6,15H,7-12H2,1-2H3,(H,20,24)/t15-/m0/s1. The van der Waals surface area contributed by atoms with Gasteiger partial charge in [-0.2, -0.15) is 0 Å². The molecule has 1 heterocycles. The van der Waals surface area contributed by atoms with E-state index in [1.54, 1.807) is 4.90 Å². The van der Waals surface area contributed by atoms with Crippen LogP contribution >= 0.6 is 0 Å². The van der Waals surface area contributed by atoms with Crippen LogP contribution in [0.15, 0.2) is 24.3 Å². The molecule has 142 valence electrons. The van der Waals surface area contributed by atoms with Crippen molar-refractivity contribution in [1.82, 2.24) is 15.1 Å². The van der Waals surface area contributed by atoms with Gasteiger partial charge in [0.05, 0.1) is 7.11 Å². The van der Waals surface area contributed by atoms with Gasteiger partial charge in [0.25, 0.3) is 5.91 Å². The number of benzene rings is 1. The van der Waals surface area contributed by atoms with E-state index in [-0.39, 0.29) is 24.3 Å². The highest BCUT2D eigenvalue weighted by Crippen LogP contribution is 2.10. The SMILES string of the molecule is COC(=O)CC[C@H](NC(=O)c1ccc(F)cc1)C(=O)N1CCN(C)CC1. The lowest BCUT2D eigenvalue weighted by Crippen LogP contribution is -2.54. The number of likely N-dealkylation sites (N-methyl/N-ethyl adjacent to an activating group) is 1. The Balaban J connectivity index is 2.06. The Labute approximate surface area is 152 Å². The Hall–Kier alpha value is -2.48. The molecule has 0 spiro atoms. The lowest BCUT2D eigenvalue weighted by atomic mass is 10.1. The maximum absolute atomic E-state index is 13.0. The largest absolute Gasteiger partial charge is 0.469 e. The van der Waals surface area contributed by atoms with Crippen molar-refractivity contribution in [2.45, 2.75) is 18.9 Å². The Morgan fingerprint density at radius 2 is 1.77 bits per heavy atom. The second-order valence-electron chi connectivity index (χ2n) is 6.28. The van der Waals surface area contributed by atoms with Gasteiger partial charge in [0.2, 0.25) is 5.91 Å². The van der Waals surface area contributed by atoms with Crippen molar-refractivity contribution in [3.05, 3.63) is 35.6 Å². The van der Waals surface area contributed by atoms with Gasteiger partial charge in [0.1, 0.15) is 11.9 Å². The van der Waals surface area contributed by atoms with Crippen LogP contribution in [0.1, 0.15) is 23.2 Å². The van der Waals surface area contributed by atoms with Gasteiger partial charge in [-0.15, -0.1) is 0 Å². The summed E-state index contributed by atoms with van der Waals surface area (Å²) in [6.45, 7) is 2.63. The average Bonchev–Trinajstić information content (AvgIpc) is 2.65. The van der Waals surface area contributed by atoms with Gasteiger partial charge in [0, 0.05) is 38.2 Å². The van der Waals surface area contributed by atoms with Crippen molar-refractivity contribution in [1.29, 1.82) is 0 Å². The van der Waals surface area contributed by atoms with Crippen LogP contribution in [-0.2, 0) is 14.3 Å². The first-order valence-corrected chi connectivity index (χ1v) is 8.51. The average molecular weight is 365 g/mol. The fraction of sp³-hybridized carbons (Fsp3) is 0.500. The number of rotatable bonds is 6. The van der Waals surface area contributed by atoms with Crippen LogP contribution < -0.4 is 5.32 Å². The summed E-state index contributed by atoms with van der Waals surface area (Å²) in [5.41, 5.74) is 0.251. The van der Waals surface area contributed by atoms with Crippen molar-refractivity contribution in [3.63, 3.8) is 0 Å². The molecule has 0 saturated carbocycles. The van der Waals surface area contributed by atoms with Crippen LogP contribution in [0.4, 0.5) is 4.39 Å². The molecule has 1 aromatic carbocycles. The Morgan fingerprint density at radius 1 is 1.15 bits per heavy atom. The monoisotopic (exact) mass is 365 g/mol. The lowest BCUT2D eigenvalue weighted by molar-refractivity contribution is -0.141. The number of ether oxygens (including phenoxy) is 1. The van der Waals surface area contributed by atoms with Crippen molar-refractivity contribution in [3.8, 4) is 0 Å². The lowest BCUT2D eigenvalue weighted by Gasteiger charge is -2.34. The highest BCUT2D eigenvalue weighted by Gasteiger charge is 2.28. The van der Waals surface area contributed by atoms with E-state index in [1.165, 1.54) is 31.4 Å². The maximum Gasteiger partial charge on any atom is 0.305 e. The van der Waals surface area contributed by atoms with E-state index in [4.69, 9.17) is 0 Å². The second kappa shape index (κ2) is 9.28. The third-order valence-corrected chi connectivity index (χ3v) is 4.39. The van der Waals surface area contributed by atoms with Crippen LogP contribution in [0.2, 0.25) is 0 Å². The zero-order chi connectivity index (χ0) is 19.1. The van der Waals surface area contributed by atoms with E-state index in [0.717, 1.165) is 13.1 Å². The highest BCUT2D eigenvalue weighted by molar-refractivity contribution is 5.97. The smallest absolute Gasteiger partial charge is 0.305 e. The van der Waals surface area contributed by atoms with Crippen molar-refractivity contribution >= 4 is 17.8 Å². The summed E-state index contributed by atoms with van der Waals surface area (Å²) in [5.74, 6) is -1.60. The molecule has 1 aliphatic heterocycles. The zero-order valence-electron chi connectivity index (χ0n) is 15.0. The Bertz CT molecular complexity index is 642. The van der Waals surface area contributed by atoms with Gasteiger partial charge in [-0.3, -0.25) is 14.4 Å². The molecule has 0 radical (unpaired) electrons. The van der Waals surface area contributed by atoms with Gasteiger partial charge in [-0.05, 0) is 37.7 Å². The van der Waals surface area contributed by atoms with Crippen molar-refractivity contribution in [2.75, 3.05) is 40.3 Å². The van der Waals surface area contributed by atoms with Gasteiger partial charge in [0.15, 0.2) is 0 Å². The third kappa shape index (κ3) is 5.52. The first kappa shape index (κ1) is 19.8. The summed E-state index contributed by atoms with van der Waals surface area (Å²) in [7, 11) is 3.25. The predicted octanol–water partition coefficient (Wildman–Crippen LogP) is 0.651. The summed E-state index contributed by atoms with van der Waals surface area (Å²) >= 11 is 0. The Kier molecular flexibility index (Phi) is 7.08. The number of carbonyl (C=O) groups is 3. The van der Waals surface area contributed by atoms with Gasteiger partial charge in [-0.1, -0.05) is 0 Å². The number of methoxy groups -OCH3 is 1. The summed E-state index contributed by atoms with van der Waals surface area (Å²) in [4.78, 5) is 40.4. The number of amides is 2. The van der Waals surface area contributed by atoms with Gasteiger partial charge >= 0.3 is 5.97 Å². The second-order valence-corrected chi connectivity index (χ2v) is 6.28. The van der Waals surface area contributed by atoms with Crippen LogP contribution in [0.25, 0.3) is 0 Å². The number of piperazine rings is 1. The molecule has 2 rings (SSSR count).